The Labute approximate surface area is 119 Å². The maximum Gasteiger partial charge on any atom is 0.306 e. The zero-order valence-electron chi connectivity index (χ0n) is 11.4. The topological polar surface area (TPSA) is 83.5 Å². The molecular weight excluding hydrogens is 278 g/mol. The van der Waals surface area contributed by atoms with Gasteiger partial charge in [-0.1, -0.05) is 24.1 Å². The van der Waals surface area contributed by atoms with Gasteiger partial charge in [-0.3, -0.25) is 4.79 Å². The van der Waals surface area contributed by atoms with E-state index in [-0.39, 0.29) is 17.4 Å². The number of aryl methyl sites for hydroxylation is 1. The smallest absolute Gasteiger partial charge is 0.306 e. The first-order valence-electron chi connectivity index (χ1n) is 6.69. The van der Waals surface area contributed by atoms with Crippen LogP contribution in [0.3, 0.4) is 0 Å². The number of carboxylic acid groups (broad SMARTS) is 1. The van der Waals surface area contributed by atoms with E-state index < -0.39 is 21.9 Å². The quantitative estimate of drug-likeness (QED) is 0.867. The number of rotatable bonds is 5. The molecule has 1 fully saturated rings. The normalized spacial score (nSPS) is 22.9. The van der Waals surface area contributed by atoms with Crippen molar-refractivity contribution in [1.82, 2.24) is 4.72 Å². The van der Waals surface area contributed by atoms with Gasteiger partial charge >= 0.3 is 5.97 Å². The molecule has 0 bridgehead atoms. The van der Waals surface area contributed by atoms with Gasteiger partial charge in [0.05, 0.1) is 10.8 Å². The number of aliphatic carboxylic acids is 1. The molecule has 1 aromatic rings. The number of hydrogen-bond acceptors (Lipinski definition) is 3. The van der Waals surface area contributed by atoms with Crippen LogP contribution in [0.4, 0.5) is 0 Å². The number of benzene rings is 1. The Morgan fingerprint density at radius 1 is 1.30 bits per heavy atom. The SMILES string of the molecule is Cc1ccc(S(=O)(=O)NCC2CCCC2C(=O)O)cc1. The molecular formula is C14H19NO4S. The molecule has 0 radical (unpaired) electrons. The van der Waals surface area contributed by atoms with Crippen LogP contribution in [0.1, 0.15) is 24.8 Å². The highest BCUT2D eigenvalue weighted by Gasteiger charge is 2.33. The van der Waals surface area contributed by atoms with E-state index >= 15 is 0 Å². The van der Waals surface area contributed by atoms with Gasteiger partial charge in [-0.25, -0.2) is 13.1 Å². The molecule has 0 heterocycles. The first-order chi connectivity index (χ1) is 9.40. The van der Waals surface area contributed by atoms with Crippen molar-refractivity contribution in [1.29, 1.82) is 0 Å². The Balaban J connectivity index is 2.02. The van der Waals surface area contributed by atoms with Crippen molar-refractivity contribution in [2.45, 2.75) is 31.1 Å². The van der Waals surface area contributed by atoms with Crippen LogP contribution in [0.25, 0.3) is 0 Å². The van der Waals surface area contributed by atoms with E-state index in [0.29, 0.717) is 6.42 Å². The second kappa shape index (κ2) is 5.93. The van der Waals surface area contributed by atoms with Crippen molar-refractivity contribution in [3.63, 3.8) is 0 Å². The molecule has 1 saturated carbocycles. The highest BCUT2D eigenvalue weighted by Crippen LogP contribution is 2.31. The zero-order chi connectivity index (χ0) is 14.8. The van der Waals surface area contributed by atoms with Crippen LogP contribution in [0.15, 0.2) is 29.2 Å². The van der Waals surface area contributed by atoms with Gasteiger partial charge in [0.2, 0.25) is 10.0 Å². The van der Waals surface area contributed by atoms with Gasteiger partial charge in [0.25, 0.3) is 0 Å². The molecule has 6 heteroatoms. The minimum Gasteiger partial charge on any atom is -0.481 e. The summed E-state index contributed by atoms with van der Waals surface area (Å²) in [6.07, 6.45) is 2.23. The molecule has 1 aliphatic rings. The second-order valence-electron chi connectivity index (χ2n) is 5.30. The fourth-order valence-electron chi connectivity index (χ4n) is 2.62. The van der Waals surface area contributed by atoms with E-state index in [0.717, 1.165) is 18.4 Å². The zero-order valence-corrected chi connectivity index (χ0v) is 12.2. The predicted octanol–water partition coefficient (Wildman–Crippen LogP) is 1.77. The van der Waals surface area contributed by atoms with Gasteiger partial charge in [0, 0.05) is 6.54 Å². The molecule has 0 saturated heterocycles. The molecule has 2 unspecified atom stereocenters. The lowest BCUT2D eigenvalue weighted by Crippen LogP contribution is -2.33. The van der Waals surface area contributed by atoms with Crippen molar-refractivity contribution >= 4 is 16.0 Å². The Hall–Kier alpha value is -1.40. The van der Waals surface area contributed by atoms with Crippen molar-refractivity contribution in [2.75, 3.05) is 6.54 Å². The van der Waals surface area contributed by atoms with Crippen molar-refractivity contribution in [3.8, 4) is 0 Å². The van der Waals surface area contributed by atoms with E-state index in [9.17, 15) is 13.2 Å². The van der Waals surface area contributed by atoms with Crippen molar-refractivity contribution in [2.24, 2.45) is 11.8 Å². The molecule has 20 heavy (non-hydrogen) atoms. The summed E-state index contributed by atoms with van der Waals surface area (Å²) in [6, 6.07) is 6.59. The molecule has 2 rings (SSSR count). The van der Waals surface area contributed by atoms with E-state index in [2.05, 4.69) is 4.72 Å². The van der Waals surface area contributed by atoms with Gasteiger partial charge in [-0.05, 0) is 37.8 Å². The van der Waals surface area contributed by atoms with E-state index in [1.54, 1.807) is 24.3 Å². The summed E-state index contributed by atoms with van der Waals surface area (Å²) in [5, 5.41) is 9.08. The first kappa shape index (κ1) is 15.0. The third-order valence-electron chi connectivity index (χ3n) is 3.84. The number of carboxylic acids is 1. The maximum absolute atomic E-state index is 12.1. The molecule has 2 atom stereocenters. The van der Waals surface area contributed by atoms with Gasteiger partial charge in [0.15, 0.2) is 0 Å². The third kappa shape index (κ3) is 3.37. The predicted molar refractivity (Wildman–Crippen MR) is 74.8 cm³/mol. The van der Waals surface area contributed by atoms with E-state index in [4.69, 9.17) is 5.11 Å². The Morgan fingerprint density at radius 2 is 1.95 bits per heavy atom. The third-order valence-corrected chi connectivity index (χ3v) is 5.28. The van der Waals surface area contributed by atoms with E-state index in [1.165, 1.54) is 0 Å². The molecule has 1 aromatic carbocycles. The van der Waals surface area contributed by atoms with Gasteiger partial charge in [0.1, 0.15) is 0 Å². The van der Waals surface area contributed by atoms with Crippen LogP contribution in [-0.2, 0) is 14.8 Å². The number of nitrogens with one attached hydrogen (secondary N) is 1. The van der Waals surface area contributed by atoms with Crippen LogP contribution in [0, 0.1) is 18.8 Å². The molecule has 0 amide bonds. The summed E-state index contributed by atoms with van der Waals surface area (Å²) in [7, 11) is -3.56. The highest BCUT2D eigenvalue weighted by atomic mass is 32.2. The Morgan fingerprint density at radius 3 is 2.55 bits per heavy atom. The standard InChI is InChI=1S/C14H19NO4S/c1-10-5-7-12(8-6-10)20(18,19)15-9-11-3-2-4-13(11)14(16)17/h5-8,11,13,15H,2-4,9H2,1H3,(H,16,17). The van der Waals surface area contributed by atoms with E-state index in [1.807, 2.05) is 6.92 Å². The largest absolute Gasteiger partial charge is 0.481 e. The van der Waals surface area contributed by atoms with Gasteiger partial charge in [-0.15, -0.1) is 0 Å². The lowest BCUT2D eigenvalue weighted by atomic mass is 9.97. The highest BCUT2D eigenvalue weighted by molar-refractivity contribution is 7.89. The van der Waals surface area contributed by atoms with Crippen molar-refractivity contribution in [3.05, 3.63) is 29.8 Å². The first-order valence-corrected chi connectivity index (χ1v) is 8.17. The summed E-state index contributed by atoms with van der Waals surface area (Å²) in [5.74, 6) is -1.38. The fourth-order valence-corrected chi connectivity index (χ4v) is 3.72. The summed E-state index contributed by atoms with van der Waals surface area (Å²) in [4.78, 5) is 11.3. The summed E-state index contributed by atoms with van der Waals surface area (Å²) in [5.41, 5.74) is 0.991. The second-order valence-corrected chi connectivity index (χ2v) is 7.07. The van der Waals surface area contributed by atoms with Gasteiger partial charge < -0.3 is 5.11 Å². The van der Waals surface area contributed by atoms with Crippen LogP contribution >= 0.6 is 0 Å². The maximum atomic E-state index is 12.1. The molecule has 1 aliphatic carbocycles. The lowest BCUT2D eigenvalue weighted by molar-refractivity contribution is -0.142. The van der Waals surface area contributed by atoms with Crippen LogP contribution in [-0.4, -0.2) is 26.0 Å². The van der Waals surface area contributed by atoms with Crippen LogP contribution < -0.4 is 4.72 Å². The monoisotopic (exact) mass is 297 g/mol. The number of sulfonamides is 1. The van der Waals surface area contributed by atoms with Crippen LogP contribution in [0.5, 0.6) is 0 Å². The molecule has 0 aromatic heterocycles. The molecule has 110 valence electrons. The minimum absolute atomic E-state index is 0.118. The fraction of sp³-hybridized carbons (Fsp3) is 0.500. The summed E-state index contributed by atoms with van der Waals surface area (Å²) < 4.78 is 26.8. The van der Waals surface area contributed by atoms with Gasteiger partial charge in [-0.2, -0.15) is 0 Å². The molecule has 2 N–H and O–H groups in total. The summed E-state index contributed by atoms with van der Waals surface area (Å²) in [6.45, 7) is 2.08. The average molecular weight is 297 g/mol. The minimum atomic E-state index is -3.56. The molecule has 5 nitrogen and oxygen atoms in total. The average Bonchev–Trinajstić information content (AvgIpc) is 2.85. The van der Waals surface area contributed by atoms with Crippen molar-refractivity contribution < 1.29 is 18.3 Å². The molecule has 0 aliphatic heterocycles. The lowest BCUT2D eigenvalue weighted by Gasteiger charge is -2.16. The number of hydrogen-bond donors (Lipinski definition) is 2. The Bertz CT molecular complexity index is 580. The number of carbonyl (C=O) groups is 1. The molecule has 0 spiro atoms. The summed E-state index contributed by atoms with van der Waals surface area (Å²) >= 11 is 0. The Kier molecular flexibility index (Phi) is 4.45. The van der Waals surface area contributed by atoms with Crippen LogP contribution in [0.2, 0.25) is 0 Å².